The first-order valence-corrected chi connectivity index (χ1v) is 11.0. The maximum Gasteiger partial charge on any atom is 0.271 e. The minimum atomic E-state index is -0.374. The number of aryl methyl sites for hydroxylation is 1. The maximum atomic E-state index is 12.3. The fraction of sp³-hybridized carbons (Fsp3) is 0.160. The van der Waals surface area contributed by atoms with Crippen LogP contribution in [0.15, 0.2) is 70.2 Å². The van der Waals surface area contributed by atoms with Crippen LogP contribution in [0.3, 0.4) is 0 Å². The molecule has 3 aromatic carbocycles. The highest BCUT2D eigenvalue weighted by atomic mass is 79.9. The standard InChI is InChI=1S/C25H24BrN3O5/c1-16-7-9-19(10-8-16)28-23(30)15-34-24-21(26)11-17(12-22(24)33-3)14-27-29-25(31)18-5-4-6-20(13-18)32-2/h4-14H,15H2,1-3H3,(H,28,30)(H,29,31)/b27-14+. The molecule has 2 N–H and O–H groups in total. The van der Waals surface area contributed by atoms with E-state index >= 15 is 0 Å². The van der Waals surface area contributed by atoms with Crippen LogP contribution in [0.2, 0.25) is 0 Å². The number of hydrogen-bond acceptors (Lipinski definition) is 6. The molecule has 34 heavy (non-hydrogen) atoms. The molecule has 8 nitrogen and oxygen atoms in total. The number of nitrogens with one attached hydrogen (secondary N) is 2. The van der Waals surface area contributed by atoms with Crippen LogP contribution in [-0.2, 0) is 4.79 Å². The summed E-state index contributed by atoms with van der Waals surface area (Å²) in [6.45, 7) is 1.77. The van der Waals surface area contributed by atoms with Gasteiger partial charge in [0.2, 0.25) is 0 Å². The second-order valence-electron chi connectivity index (χ2n) is 7.17. The number of ether oxygens (including phenoxy) is 3. The van der Waals surface area contributed by atoms with Crippen LogP contribution in [-0.4, -0.2) is 38.9 Å². The lowest BCUT2D eigenvalue weighted by Gasteiger charge is -2.13. The molecule has 0 saturated carbocycles. The Kier molecular flexibility index (Phi) is 8.64. The van der Waals surface area contributed by atoms with E-state index in [1.807, 2.05) is 31.2 Å². The molecule has 0 radical (unpaired) electrons. The van der Waals surface area contributed by atoms with Crippen molar-refractivity contribution in [3.8, 4) is 17.2 Å². The number of carbonyl (C=O) groups excluding carboxylic acids is 2. The molecule has 0 aliphatic carbocycles. The van der Waals surface area contributed by atoms with Crippen LogP contribution >= 0.6 is 15.9 Å². The van der Waals surface area contributed by atoms with Gasteiger partial charge in [0, 0.05) is 11.3 Å². The van der Waals surface area contributed by atoms with Crippen molar-refractivity contribution in [3.05, 3.63) is 81.8 Å². The number of hydrogen-bond donors (Lipinski definition) is 2. The summed E-state index contributed by atoms with van der Waals surface area (Å²) in [5.41, 5.74) is 5.33. The Morgan fingerprint density at radius 2 is 1.79 bits per heavy atom. The Hall–Kier alpha value is -3.85. The van der Waals surface area contributed by atoms with Gasteiger partial charge in [-0.3, -0.25) is 9.59 Å². The van der Waals surface area contributed by atoms with Crippen molar-refractivity contribution in [1.82, 2.24) is 5.43 Å². The minimum absolute atomic E-state index is 0.202. The zero-order valence-corrected chi connectivity index (χ0v) is 20.5. The van der Waals surface area contributed by atoms with Crippen molar-refractivity contribution >= 4 is 39.6 Å². The van der Waals surface area contributed by atoms with Crippen LogP contribution in [0.5, 0.6) is 17.2 Å². The highest BCUT2D eigenvalue weighted by Gasteiger charge is 2.14. The molecule has 0 heterocycles. The van der Waals surface area contributed by atoms with Gasteiger partial charge >= 0.3 is 0 Å². The third-order valence-electron chi connectivity index (χ3n) is 4.65. The van der Waals surface area contributed by atoms with E-state index in [2.05, 4.69) is 31.8 Å². The topological polar surface area (TPSA) is 98.3 Å². The number of carbonyl (C=O) groups is 2. The average Bonchev–Trinajstić information content (AvgIpc) is 2.84. The number of amides is 2. The summed E-state index contributed by atoms with van der Waals surface area (Å²) in [4.78, 5) is 24.5. The molecular formula is C25H24BrN3O5. The molecule has 3 aromatic rings. The lowest BCUT2D eigenvalue weighted by atomic mass is 10.2. The number of halogens is 1. The summed E-state index contributed by atoms with van der Waals surface area (Å²) in [5.74, 6) is 0.676. The molecule has 0 fully saturated rings. The van der Waals surface area contributed by atoms with E-state index < -0.39 is 0 Å². The van der Waals surface area contributed by atoms with Crippen molar-refractivity contribution in [3.63, 3.8) is 0 Å². The van der Waals surface area contributed by atoms with Gasteiger partial charge in [-0.25, -0.2) is 5.43 Å². The fourth-order valence-electron chi connectivity index (χ4n) is 2.92. The molecule has 0 bridgehead atoms. The van der Waals surface area contributed by atoms with E-state index in [1.54, 1.807) is 36.4 Å². The average molecular weight is 526 g/mol. The van der Waals surface area contributed by atoms with Gasteiger partial charge in [0.05, 0.1) is 24.9 Å². The quantitative estimate of drug-likeness (QED) is 0.315. The van der Waals surface area contributed by atoms with Gasteiger partial charge in [0.25, 0.3) is 11.8 Å². The Labute approximate surface area is 206 Å². The lowest BCUT2D eigenvalue weighted by molar-refractivity contribution is -0.118. The van der Waals surface area contributed by atoms with Gasteiger partial charge in [0.1, 0.15) is 5.75 Å². The van der Waals surface area contributed by atoms with E-state index in [1.165, 1.54) is 20.4 Å². The van der Waals surface area contributed by atoms with Gasteiger partial charge in [0.15, 0.2) is 18.1 Å². The second kappa shape index (κ2) is 11.9. The molecular weight excluding hydrogens is 502 g/mol. The molecule has 176 valence electrons. The Balaban J connectivity index is 1.62. The summed E-state index contributed by atoms with van der Waals surface area (Å²) in [6.07, 6.45) is 1.47. The van der Waals surface area contributed by atoms with Gasteiger partial charge in [-0.05, 0) is 70.9 Å². The van der Waals surface area contributed by atoms with Crippen molar-refractivity contribution in [2.24, 2.45) is 5.10 Å². The normalized spacial score (nSPS) is 10.6. The molecule has 0 aliphatic rings. The maximum absolute atomic E-state index is 12.3. The number of anilines is 1. The van der Waals surface area contributed by atoms with Gasteiger partial charge in [-0.15, -0.1) is 0 Å². The summed E-state index contributed by atoms with van der Waals surface area (Å²) in [6, 6.07) is 17.6. The summed E-state index contributed by atoms with van der Waals surface area (Å²) in [7, 11) is 3.02. The van der Waals surface area contributed by atoms with Crippen LogP contribution in [0.1, 0.15) is 21.5 Å². The molecule has 0 aromatic heterocycles. The largest absolute Gasteiger partial charge is 0.497 e. The zero-order chi connectivity index (χ0) is 24.5. The Morgan fingerprint density at radius 3 is 2.50 bits per heavy atom. The van der Waals surface area contributed by atoms with Gasteiger partial charge < -0.3 is 19.5 Å². The Bertz CT molecular complexity index is 1200. The number of nitrogens with zero attached hydrogens (tertiary/aromatic N) is 1. The Morgan fingerprint density at radius 1 is 1.03 bits per heavy atom. The predicted octanol–water partition coefficient (Wildman–Crippen LogP) is 4.56. The zero-order valence-electron chi connectivity index (χ0n) is 18.9. The first-order chi connectivity index (χ1) is 16.4. The van der Waals surface area contributed by atoms with Gasteiger partial charge in [-0.1, -0.05) is 23.8 Å². The molecule has 0 spiro atoms. The van der Waals surface area contributed by atoms with Crippen molar-refractivity contribution in [2.75, 3.05) is 26.1 Å². The van der Waals surface area contributed by atoms with Gasteiger partial charge in [-0.2, -0.15) is 5.10 Å². The summed E-state index contributed by atoms with van der Waals surface area (Å²) >= 11 is 3.44. The molecule has 2 amide bonds. The molecule has 9 heteroatoms. The highest BCUT2D eigenvalue weighted by molar-refractivity contribution is 9.10. The first kappa shape index (κ1) is 24.8. The number of rotatable bonds is 9. The summed E-state index contributed by atoms with van der Waals surface area (Å²) < 4.78 is 16.8. The molecule has 0 aliphatic heterocycles. The minimum Gasteiger partial charge on any atom is -0.497 e. The molecule has 0 atom stereocenters. The van der Waals surface area contributed by atoms with Crippen LogP contribution in [0, 0.1) is 6.92 Å². The van der Waals surface area contributed by atoms with E-state index in [0.29, 0.717) is 38.5 Å². The lowest BCUT2D eigenvalue weighted by Crippen LogP contribution is -2.20. The first-order valence-electron chi connectivity index (χ1n) is 10.2. The second-order valence-corrected chi connectivity index (χ2v) is 8.02. The number of hydrazone groups is 1. The van der Waals surface area contributed by atoms with Crippen LogP contribution < -0.4 is 25.0 Å². The van der Waals surface area contributed by atoms with E-state index in [-0.39, 0.29) is 18.4 Å². The van der Waals surface area contributed by atoms with Crippen LogP contribution in [0.4, 0.5) is 5.69 Å². The monoisotopic (exact) mass is 525 g/mol. The van der Waals surface area contributed by atoms with Crippen molar-refractivity contribution < 1.29 is 23.8 Å². The van der Waals surface area contributed by atoms with E-state index in [9.17, 15) is 9.59 Å². The SMILES string of the molecule is COc1cccc(C(=O)N/N=C/c2cc(Br)c(OCC(=O)Nc3ccc(C)cc3)c(OC)c2)c1. The van der Waals surface area contributed by atoms with E-state index in [0.717, 1.165) is 5.56 Å². The molecule has 0 unspecified atom stereocenters. The molecule has 3 rings (SSSR count). The van der Waals surface area contributed by atoms with E-state index in [4.69, 9.17) is 14.2 Å². The number of benzene rings is 3. The van der Waals surface area contributed by atoms with Crippen molar-refractivity contribution in [2.45, 2.75) is 6.92 Å². The highest BCUT2D eigenvalue weighted by Crippen LogP contribution is 2.36. The fourth-order valence-corrected chi connectivity index (χ4v) is 3.49. The van der Waals surface area contributed by atoms with Crippen molar-refractivity contribution in [1.29, 1.82) is 0 Å². The molecule has 0 saturated heterocycles. The third kappa shape index (κ3) is 6.82. The summed E-state index contributed by atoms with van der Waals surface area (Å²) in [5, 5.41) is 6.78. The predicted molar refractivity (Wildman–Crippen MR) is 134 cm³/mol. The smallest absolute Gasteiger partial charge is 0.271 e. The number of methoxy groups -OCH3 is 2. The van der Waals surface area contributed by atoms with Crippen LogP contribution in [0.25, 0.3) is 0 Å². The third-order valence-corrected chi connectivity index (χ3v) is 5.24.